The number of hydrogen-bond acceptors (Lipinski definition) is 4. The zero-order valence-electron chi connectivity index (χ0n) is 15.5. The van der Waals surface area contributed by atoms with E-state index >= 15 is 0 Å². The number of carbonyl (C=O) groups excluding carboxylic acids is 1. The quantitative estimate of drug-likeness (QED) is 0.539. The zero-order valence-corrected chi connectivity index (χ0v) is 17.1. The number of benzene rings is 1. The van der Waals surface area contributed by atoms with Crippen molar-refractivity contribution in [3.8, 4) is 0 Å². The molecule has 0 amide bonds. The molecular weight excluding hydrogens is 404 g/mol. The number of nitrogens with two attached hydrogens (primary N) is 1. The Labute approximate surface area is 172 Å². The van der Waals surface area contributed by atoms with E-state index in [-0.39, 0.29) is 25.3 Å². The number of thioether (sulfide) groups is 1. The Morgan fingerprint density at radius 2 is 2.18 bits per heavy atom. The van der Waals surface area contributed by atoms with Crippen molar-refractivity contribution < 1.29 is 13.6 Å². The molecule has 1 aromatic rings. The van der Waals surface area contributed by atoms with Gasteiger partial charge in [0.25, 0.3) is 0 Å². The summed E-state index contributed by atoms with van der Waals surface area (Å²) >= 11 is 7.89. The van der Waals surface area contributed by atoms with Crippen LogP contribution in [-0.2, 0) is 11.2 Å². The number of fused-ring (bicyclic) bond motifs is 1. The monoisotopic (exact) mass is 425 g/mol. The van der Waals surface area contributed by atoms with Crippen molar-refractivity contribution in [1.82, 2.24) is 0 Å². The summed E-state index contributed by atoms with van der Waals surface area (Å²) in [6.07, 6.45) is 8.03. The minimum absolute atomic E-state index is 0.101. The van der Waals surface area contributed by atoms with E-state index in [1.807, 2.05) is 29.4 Å². The van der Waals surface area contributed by atoms with Crippen molar-refractivity contribution in [2.75, 3.05) is 24.2 Å². The lowest BCUT2D eigenvalue weighted by Gasteiger charge is -2.37. The van der Waals surface area contributed by atoms with Gasteiger partial charge in [-0.3, -0.25) is 4.99 Å². The Morgan fingerprint density at radius 3 is 2.79 bits per heavy atom. The number of aldehydes is 1. The van der Waals surface area contributed by atoms with Gasteiger partial charge in [0.1, 0.15) is 12.1 Å². The summed E-state index contributed by atoms with van der Waals surface area (Å²) in [6, 6.07) is 3.79. The number of allylic oxidation sites excluding steroid dienone is 2. The van der Waals surface area contributed by atoms with Crippen molar-refractivity contribution in [2.24, 2.45) is 16.6 Å². The van der Waals surface area contributed by atoms with Crippen molar-refractivity contribution in [2.45, 2.75) is 30.1 Å². The first-order chi connectivity index (χ1) is 13.4. The molecule has 4 nitrogen and oxygen atoms in total. The van der Waals surface area contributed by atoms with Gasteiger partial charge < -0.3 is 15.4 Å². The van der Waals surface area contributed by atoms with Crippen LogP contribution in [0.2, 0.25) is 5.02 Å². The van der Waals surface area contributed by atoms with Gasteiger partial charge in [-0.15, -0.1) is 11.8 Å². The number of aliphatic imine (C=N–C) groups is 1. The van der Waals surface area contributed by atoms with Gasteiger partial charge in [-0.25, -0.2) is 8.78 Å². The van der Waals surface area contributed by atoms with E-state index in [4.69, 9.17) is 17.3 Å². The molecule has 1 aliphatic carbocycles. The van der Waals surface area contributed by atoms with Crippen molar-refractivity contribution in [3.05, 3.63) is 46.6 Å². The van der Waals surface area contributed by atoms with Crippen LogP contribution in [0, 0.1) is 5.92 Å². The van der Waals surface area contributed by atoms with Crippen LogP contribution in [0.5, 0.6) is 0 Å². The molecule has 28 heavy (non-hydrogen) atoms. The minimum atomic E-state index is -2.58. The predicted molar refractivity (Wildman–Crippen MR) is 112 cm³/mol. The molecule has 1 saturated carbocycles. The smallest absolute Gasteiger partial charge is 0.248 e. The maximum atomic E-state index is 13.2. The summed E-state index contributed by atoms with van der Waals surface area (Å²) in [4.78, 5) is 18.8. The van der Waals surface area contributed by atoms with Crippen molar-refractivity contribution in [3.63, 3.8) is 0 Å². The molecule has 1 heterocycles. The van der Waals surface area contributed by atoms with E-state index in [0.29, 0.717) is 23.8 Å². The summed E-state index contributed by atoms with van der Waals surface area (Å²) in [5.41, 5.74) is 8.26. The molecule has 2 N–H and O–H groups in total. The van der Waals surface area contributed by atoms with E-state index in [0.717, 1.165) is 28.0 Å². The third kappa shape index (κ3) is 4.25. The number of halogens is 3. The second-order valence-corrected chi connectivity index (χ2v) is 8.14. The Hall–Kier alpha value is -1.86. The van der Waals surface area contributed by atoms with Crippen LogP contribution in [0.4, 0.5) is 14.5 Å². The fourth-order valence-electron chi connectivity index (χ4n) is 3.66. The fraction of sp³-hybridized carbons (Fsp3) is 0.400. The molecule has 2 aliphatic rings. The van der Waals surface area contributed by atoms with Gasteiger partial charge in [-0.2, -0.15) is 0 Å². The molecule has 0 aromatic heterocycles. The highest BCUT2D eigenvalue weighted by Crippen LogP contribution is 2.44. The van der Waals surface area contributed by atoms with Crippen LogP contribution in [0.3, 0.4) is 0 Å². The summed E-state index contributed by atoms with van der Waals surface area (Å²) in [6.45, 7) is 0.401. The zero-order chi connectivity index (χ0) is 20.3. The molecule has 1 aliphatic heterocycles. The highest BCUT2D eigenvalue weighted by atomic mass is 35.5. The van der Waals surface area contributed by atoms with Gasteiger partial charge in [-0.05, 0) is 41.7 Å². The number of carbonyl (C=O) groups is 1. The average Bonchev–Trinajstić information content (AvgIpc) is 2.64. The third-order valence-electron chi connectivity index (χ3n) is 4.90. The van der Waals surface area contributed by atoms with E-state index in [1.54, 1.807) is 6.08 Å². The second-order valence-electron chi connectivity index (χ2n) is 6.91. The number of hydrogen-bond donors (Lipinski definition) is 1. The molecule has 0 atom stereocenters. The van der Waals surface area contributed by atoms with Crippen molar-refractivity contribution in [1.29, 1.82) is 0 Å². The van der Waals surface area contributed by atoms with Gasteiger partial charge in [-0.1, -0.05) is 23.7 Å². The van der Waals surface area contributed by atoms with Gasteiger partial charge >= 0.3 is 0 Å². The molecule has 0 radical (unpaired) electrons. The van der Waals surface area contributed by atoms with Crippen LogP contribution < -0.4 is 10.6 Å². The normalized spacial score (nSPS) is 21.9. The van der Waals surface area contributed by atoms with Gasteiger partial charge in [0, 0.05) is 30.7 Å². The minimum Gasteiger partial charge on any atom is -0.405 e. The lowest BCUT2D eigenvalue weighted by Crippen LogP contribution is -2.41. The van der Waals surface area contributed by atoms with Crippen LogP contribution in [0.25, 0.3) is 0 Å². The highest BCUT2D eigenvalue weighted by Gasteiger charge is 2.45. The van der Waals surface area contributed by atoms with E-state index in [1.165, 1.54) is 18.0 Å². The number of nitrogens with zero attached hydrogens (tertiary/aromatic N) is 2. The van der Waals surface area contributed by atoms with Crippen LogP contribution >= 0.6 is 23.4 Å². The summed E-state index contributed by atoms with van der Waals surface area (Å²) in [5, 5.41) is 0.606. The van der Waals surface area contributed by atoms with Crippen molar-refractivity contribution >= 4 is 41.2 Å². The van der Waals surface area contributed by atoms with E-state index < -0.39 is 5.92 Å². The Kier molecular flexibility index (Phi) is 6.45. The predicted octanol–water partition coefficient (Wildman–Crippen LogP) is 4.47. The largest absolute Gasteiger partial charge is 0.405 e. The maximum Gasteiger partial charge on any atom is 0.248 e. The van der Waals surface area contributed by atoms with Gasteiger partial charge in [0.2, 0.25) is 5.92 Å². The summed E-state index contributed by atoms with van der Waals surface area (Å²) < 4.78 is 26.4. The second kappa shape index (κ2) is 8.66. The first kappa shape index (κ1) is 20.9. The lowest BCUT2D eigenvalue weighted by molar-refractivity contribution is -0.107. The van der Waals surface area contributed by atoms with Gasteiger partial charge in [0.15, 0.2) is 0 Å². The van der Waals surface area contributed by atoms with E-state index in [2.05, 4.69) is 4.99 Å². The number of rotatable bonds is 6. The molecule has 150 valence electrons. The number of alkyl halides is 2. The first-order valence-electron chi connectivity index (χ1n) is 8.96. The first-order valence-corrected chi connectivity index (χ1v) is 10.6. The van der Waals surface area contributed by atoms with Crippen LogP contribution in [-0.4, -0.2) is 37.4 Å². The molecule has 0 bridgehead atoms. The molecule has 0 unspecified atom stereocenters. The Bertz CT molecular complexity index is 846. The van der Waals surface area contributed by atoms with Crippen LogP contribution in [0.15, 0.2) is 45.9 Å². The lowest BCUT2D eigenvalue weighted by atomic mass is 9.81. The standard InChI is InChI=1S/C20H22ClF2N3OS/c1-28-18-16(21)5-4-14-9-15(3-2-6-24)19(26(7-8-27)17(14)18)25-12-13-10-20(22,23)11-13/h2-6,8,13H,7,9-12,24H2,1H3/b6-2+,15-3-,25-19?. The molecule has 0 saturated heterocycles. The molecule has 3 rings (SSSR count). The summed E-state index contributed by atoms with van der Waals surface area (Å²) in [7, 11) is 0. The SMILES string of the molecule is CSc1c(Cl)ccc2c1N(CC=O)C(=NCC1CC(F)(F)C1)/C(=C\C=C\N)C2. The molecule has 8 heteroatoms. The van der Waals surface area contributed by atoms with Gasteiger partial charge in [0.05, 0.1) is 17.3 Å². The fourth-order valence-corrected chi connectivity index (χ4v) is 4.74. The average molecular weight is 426 g/mol. The van der Waals surface area contributed by atoms with Crippen LogP contribution in [0.1, 0.15) is 18.4 Å². The topological polar surface area (TPSA) is 58.7 Å². The Morgan fingerprint density at radius 1 is 1.43 bits per heavy atom. The molecule has 1 aromatic carbocycles. The third-order valence-corrected chi connectivity index (χ3v) is 6.15. The number of amidine groups is 1. The molecular formula is C20H22ClF2N3OS. The number of anilines is 1. The molecule has 0 spiro atoms. The molecule has 1 fully saturated rings. The highest BCUT2D eigenvalue weighted by molar-refractivity contribution is 7.98. The maximum absolute atomic E-state index is 13.2. The summed E-state index contributed by atoms with van der Waals surface area (Å²) in [5.74, 6) is -2.11. The Balaban J connectivity index is 2.05. The van der Waals surface area contributed by atoms with E-state index in [9.17, 15) is 13.6 Å².